The van der Waals surface area contributed by atoms with Crippen LogP contribution in [0, 0.1) is 0 Å². The zero-order valence-corrected chi connectivity index (χ0v) is 6.87. The summed E-state index contributed by atoms with van der Waals surface area (Å²) in [5, 5.41) is 9.03. The van der Waals surface area contributed by atoms with Gasteiger partial charge in [-0.25, -0.2) is 0 Å². The Morgan fingerprint density at radius 3 is 2.83 bits per heavy atom. The second-order valence-electron chi connectivity index (χ2n) is 2.68. The number of aromatic nitrogens is 1. The minimum Gasteiger partial charge on any atom is -0.495 e. The molecule has 12 heavy (non-hydrogen) atoms. The summed E-state index contributed by atoms with van der Waals surface area (Å²) in [6.07, 6.45) is 0.739. The van der Waals surface area contributed by atoms with Crippen LogP contribution in [0.2, 0.25) is 0 Å². The lowest BCUT2D eigenvalue weighted by molar-refractivity contribution is 0.449. The molecule has 1 heterocycles. The summed E-state index contributed by atoms with van der Waals surface area (Å²) < 4.78 is 0. The Morgan fingerprint density at radius 2 is 2.33 bits per heavy atom. The molecule has 0 spiro atoms. The highest BCUT2D eigenvalue weighted by atomic mass is 16.3. The Balaban J connectivity index is 3.08. The van der Waals surface area contributed by atoms with Crippen LogP contribution < -0.4 is 11.3 Å². The number of aromatic hydroxyl groups is 1. The van der Waals surface area contributed by atoms with Crippen LogP contribution >= 0.6 is 0 Å². The lowest BCUT2D eigenvalue weighted by Gasteiger charge is -2.07. The molecule has 66 valence electrons. The predicted octanol–water partition coefficient (Wildman–Crippen LogP) is 0.490. The molecular weight excluding hydrogens is 156 g/mol. The number of H-pyrrole nitrogens is 1. The highest BCUT2D eigenvalue weighted by Crippen LogP contribution is 2.14. The molecule has 0 unspecified atom stereocenters. The third-order valence-electron chi connectivity index (χ3n) is 1.72. The Bertz CT molecular complexity index is 319. The van der Waals surface area contributed by atoms with Crippen LogP contribution in [-0.4, -0.2) is 10.1 Å². The number of hydrogen-bond donors (Lipinski definition) is 3. The van der Waals surface area contributed by atoms with Crippen LogP contribution in [0.3, 0.4) is 0 Å². The highest BCUT2D eigenvalue weighted by Gasteiger charge is 2.04. The molecule has 0 saturated carbocycles. The lowest BCUT2D eigenvalue weighted by atomic mass is 10.1. The SMILES string of the molecule is CC[C@H](N)c1cc(O)[nH]c(=O)c1. The molecule has 0 aliphatic heterocycles. The van der Waals surface area contributed by atoms with Gasteiger partial charge < -0.3 is 10.8 Å². The molecule has 0 radical (unpaired) electrons. The van der Waals surface area contributed by atoms with Gasteiger partial charge in [0.2, 0.25) is 0 Å². The Labute approximate surface area is 70.0 Å². The van der Waals surface area contributed by atoms with Crippen molar-refractivity contribution in [3.05, 3.63) is 28.0 Å². The van der Waals surface area contributed by atoms with E-state index in [0.29, 0.717) is 5.56 Å². The van der Waals surface area contributed by atoms with Gasteiger partial charge >= 0.3 is 0 Å². The van der Waals surface area contributed by atoms with E-state index in [-0.39, 0.29) is 17.5 Å². The number of nitrogens with two attached hydrogens (primary N) is 1. The smallest absolute Gasteiger partial charge is 0.250 e. The van der Waals surface area contributed by atoms with Gasteiger partial charge in [-0.1, -0.05) is 6.92 Å². The minimum atomic E-state index is -0.325. The second kappa shape index (κ2) is 3.40. The van der Waals surface area contributed by atoms with Gasteiger partial charge in [0.05, 0.1) is 0 Å². The molecule has 1 aromatic rings. The summed E-state index contributed by atoms with van der Waals surface area (Å²) in [5.41, 5.74) is 6.01. The molecule has 0 saturated heterocycles. The molecule has 1 aromatic heterocycles. The normalized spacial score (nSPS) is 12.8. The van der Waals surface area contributed by atoms with Crippen LogP contribution in [0.25, 0.3) is 0 Å². The van der Waals surface area contributed by atoms with E-state index >= 15 is 0 Å². The fourth-order valence-corrected chi connectivity index (χ4v) is 0.999. The zero-order chi connectivity index (χ0) is 9.14. The molecule has 0 fully saturated rings. The van der Waals surface area contributed by atoms with Crippen molar-refractivity contribution in [3.8, 4) is 5.88 Å². The largest absolute Gasteiger partial charge is 0.495 e. The first-order valence-corrected chi connectivity index (χ1v) is 3.82. The summed E-state index contributed by atoms with van der Waals surface area (Å²) in [4.78, 5) is 13.1. The van der Waals surface area contributed by atoms with E-state index in [0.717, 1.165) is 6.42 Å². The topological polar surface area (TPSA) is 79.1 Å². The highest BCUT2D eigenvalue weighted by molar-refractivity contribution is 5.22. The lowest BCUT2D eigenvalue weighted by Crippen LogP contribution is -2.13. The van der Waals surface area contributed by atoms with Gasteiger partial charge in [-0.05, 0) is 12.0 Å². The van der Waals surface area contributed by atoms with E-state index in [2.05, 4.69) is 4.98 Å². The van der Waals surface area contributed by atoms with E-state index < -0.39 is 0 Å². The van der Waals surface area contributed by atoms with Crippen molar-refractivity contribution >= 4 is 0 Å². The summed E-state index contributed by atoms with van der Waals surface area (Å²) in [7, 11) is 0. The van der Waals surface area contributed by atoms with Crippen molar-refractivity contribution in [1.82, 2.24) is 4.98 Å². The molecule has 0 aliphatic rings. The van der Waals surface area contributed by atoms with Crippen molar-refractivity contribution in [1.29, 1.82) is 0 Å². The monoisotopic (exact) mass is 168 g/mol. The van der Waals surface area contributed by atoms with E-state index in [1.165, 1.54) is 12.1 Å². The summed E-state index contributed by atoms with van der Waals surface area (Å²) >= 11 is 0. The summed E-state index contributed by atoms with van der Waals surface area (Å²) in [6, 6.07) is 2.68. The molecule has 0 amide bonds. The van der Waals surface area contributed by atoms with E-state index in [1.54, 1.807) is 0 Å². The molecule has 1 atom stereocenters. The molecule has 4 nitrogen and oxygen atoms in total. The van der Waals surface area contributed by atoms with Gasteiger partial charge in [-0.15, -0.1) is 0 Å². The molecule has 4 heteroatoms. The summed E-state index contributed by atoms with van der Waals surface area (Å²) in [6.45, 7) is 1.92. The first-order valence-electron chi connectivity index (χ1n) is 3.82. The molecule has 4 N–H and O–H groups in total. The fraction of sp³-hybridized carbons (Fsp3) is 0.375. The Kier molecular flexibility index (Phi) is 2.50. The van der Waals surface area contributed by atoms with Gasteiger partial charge in [0, 0.05) is 18.2 Å². The van der Waals surface area contributed by atoms with Gasteiger partial charge in [0.25, 0.3) is 5.56 Å². The first-order chi connectivity index (χ1) is 5.63. The Hall–Kier alpha value is -1.29. The maximum Gasteiger partial charge on any atom is 0.250 e. The van der Waals surface area contributed by atoms with E-state index in [9.17, 15) is 4.79 Å². The van der Waals surface area contributed by atoms with Crippen molar-refractivity contribution in [2.45, 2.75) is 19.4 Å². The van der Waals surface area contributed by atoms with Crippen molar-refractivity contribution in [2.24, 2.45) is 5.73 Å². The van der Waals surface area contributed by atoms with Crippen LogP contribution in [0.1, 0.15) is 24.9 Å². The number of hydrogen-bond acceptors (Lipinski definition) is 3. The maximum atomic E-state index is 10.9. The molecule has 0 bridgehead atoms. The van der Waals surface area contributed by atoms with Crippen molar-refractivity contribution in [2.75, 3.05) is 0 Å². The second-order valence-corrected chi connectivity index (χ2v) is 2.68. The standard InChI is InChI=1S/C8H12N2O2/c1-2-6(9)5-3-7(11)10-8(12)4-5/h3-4,6H,2,9H2,1H3,(H2,10,11,12)/t6-/m0/s1. The number of rotatable bonds is 2. The maximum absolute atomic E-state index is 10.9. The zero-order valence-electron chi connectivity index (χ0n) is 6.87. The van der Waals surface area contributed by atoms with Crippen LogP contribution in [-0.2, 0) is 0 Å². The van der Waals surface area contributed by atoms with E-state index in [4.69, 9.17) is 10.8 Å². The van der Waals surface area contributed by atoms with E-state index in [1.807, 2.05) is 6.92 Å². The van der Waals surface area contributed by atoms with Crippen LogP contribution in [0.15, 0.2) is 16.9 Å². The van der Waals surface area contributed by atoms with Crippen LogP contribution in [0.4, 0.5) is 0 Å². The molecule has 0 aliphatic carbocycles. The van der Waals surface area contributed by atoms with Crippen LogP contribution in [0.5, 0.6) is 5.88 Å². The number of pyridine rings is 1. The van der Waals surface area contributed by atoms with Crippen molar-refractivity contribution < 1.29 is 5.11 Å². The first kappa shape index (κ1) is 8.80. The number of aromatic amines is 1. The third kappa shape index (κ3) is 1.85. The van der Waals surface area contributed by atoms with Gasteiger partial charge in [0.1, 0.15) is 0 Å². The molecule has 0 aromatic carbocycles. The molecule has 1 rings (SSSR count). The van der Waals surface area contributed by atoms with Gasteiger partial charge in [-0.3, -0.25) is 9.78 Å². The third-order valence-corrected chi connectivity index (χ3v) is 1.72. The fourth-order valence-electron chi connectivity index (χ4n) is 0.999. The Morgan fingerprint density at radius 1 is 1.67 bits per heavy atom. The summed E-state index contributed by atoms with van der Waals surface area (Å²) in [5.74, 6) is -0.138. The van der Waals surface area contributed by atoms with Crippen molar-refractivity contribution in [3.63, 3.8) is 0 Å². The predicted molar refractivity (Wildman–Crippen MR) is 45.9 cm³/mol. The quantitative estimate of drug-likeness (QED) is 0.601. The molecular formula is C8H12N2O2. The van der Waals surface area contributed by atoms with Gasteiger partial charge in [-0.2, -0.15) is 0 Å². The minimum absolute atomic E-state index is 0.138. The average Bonchev–Trinajstić information content (AvgIpc) is 2.01. The van der Waals surface area contributed by atoms with Gasteiger partial charge in [0.15, 0.2) is 5.88 Å². The number of nitrogens with one attached hydrogen (secondary N) is 1. The average molecular weight is 168 g/mol.